The van der Waals surface area contributed by atoms with Crippen molar-refractivity contribution >= 4 is 0 Å². The first kappa shape index (κ1) is 26.1. The minimum atomic E-state index is -1.54. The largest absolute Gasteiger partial charge is 0.391 e. The van der Waals surface area contributed by atoms with E-state index in [-0.39, 0.29) is 6.61 Å². The van der Waals surface area contributed by atoms with Crippen molar-refractivity contribution in [3.8, 4) is 0 Å². The lowest BCUT2D eigenvalue weighted by Gasteiger charge is -2.45. The van der Waals surface area contributed by atoms with E-state index in [1.54, 1.807) is 0 Å². The van der Waals surface area contributed by atoms with Crippen molar-refractivity contribution in [3.05, 3.63) is 0 Å². The summed E-state index contributed by atoms with van der Waals surface area (Å²) in [7, 11) is 0. The van der Waals surface area contributed by atoms with Gasteiger partial charge in [0.05, 0.1) is 19.1 Å². The second-order valence-electron chi connectivity index (χ2n) is 9.05. The van der Waals surface area contributed by atoms with E-state index in [9.17, 15) is 35.7 Å². The molecule has 3 fully saturated rings. The zero-order valence-electron chi connectivity index (χ0n) is 18.0. The molecule has 1 aliphatic carbocycles. The summed E-state index contributed by atoms with van der Waals surface area (Å²) in [6, 6.07) is -1.84. The molecule has 1 unspecified atom stereocenters. The molecule has 32 heavy (non-hydrogen) atoms. The number of rotatable bonds is 5. The van der Waals surface area contributed by atoms with E-state index in [1.807, 2.05) is 0 Å². The Balaban J connectivity index is 1.71. The highest BCUT2D eigenvalue weighted by Gasteiger charge is 2.54. The lowest BCUT2D eigenvalue weighted by molar-refractivity contribution is -0.534. The van der Waals surface area contributed by atoms with E-state index in [0.717, 1.165) is 0 Å². The maximum atomic E-state index is 11.0. The molecule has 15 atom stereocenters. The molecule has 0 bridgehead atoms. The molecule has 0 spiro atoms. The Morgan fingerprint density at radius 2 is 1.34 bits per heavy atom. The van der Waals surface area contributed by atoms with Crippen LogP contribution in [0.25, 0.3) is 0 Å². The molecule has 0 amide bonds. The summed E-state index contributed by atoms with van der Waals surface area (Å²) >= 11 is 0. The van der Waals surface area contributed by atoms with Gasteiger partial charge >= 0.3 is 0 Å². The van der Waals surface area contributed by atoms with Gasteiger partial charge < -0.3 is 71.9 Å². The molecule has 0 radical (unpaired) electrons. The summed E-state index contributed by atoms with van der Waals surface area (Å²) in [6.45, 7) is 1.14. The van der Waals surface area contributed by atoms with Gasteiger partial charge in [0, 0.05) is 0 Å². The van der Waals surface area contributed by atoms with Crippen molar-refractivity contribution in [3.63, 3.8) is 0 Å². The first-order valence-corrected chi connectivity index (χ1v) is 10.8. The monoisotopic (exact) mass is 472 g/mol. The van der Waals surface area contributed by atoms with Gasteiger partial charge in [0.2, 0.25) is 6.29 Å². The quantitative estimate of drug-likeness (QED) is 0.179. The fourth-order valence-electron chi connectivity index (χ4n) is 4.47. The maximum absolute atomic E-state index is 11.0. The lowest BCUT2D eigenvalue weighted by atomic mass is 9.84. The predicted octanol–water partition coefficient (Wildman–Crippen LogP) is -8.38. The first-order chi connectivity index (χ1) is 14.9. The Morgan fingerprint density at radius 3 is 1.91 bits per heavy atom. The molecule has 2 saturated heterocycles. The average molecular weight is 473 g/mol. The first-order valence-electron chi connectivity index (χ1n) is 10.8. The Kier molecular flexibility index (Phi) is 8.44. The maximum Gasteiger partial charge on any atom is 0.214 e. The Hall–Kier alpha value is -0.560. The zero-order chi connectivity index (χ0) is 23.9. The van der Waals surface area contributed by atoms with Gasteiger partial charge in [-0.15, -0.1) is 0 Å². The van der Waals surface area contributed by atoms with Crippen LogP contribution in [0.2, 0.25) is 0 Å². The van der Waals surface area contributed by atoms with Crippen molar-refractivity contribution in [2.45, 2.75) is 105 Å². The number of quaternary nitrogens is 3. The zero-order valence-corrected chi connectivity index (χ0v) is 18.0. The van der Waals surface area contributed by atoms with Crippen LogP contribution in [0.1, 0.15) is 13.3 Å². The van der Waals surface area contributed by atoms with Crippen molar-refractivity contribution < 1.29 is 71.9 Å². The van der Waals surface area contributed by atoms with Gasteiger partial charge in [-0.1, -0.05) is 0 Å². The molecular weight excluding hydrogens is 434 g/mol. The molecular formula is C18H38N3O11+3. The standard InChI is InChI=1S/C18H35N3O11/c1-4(22)14-11(26)10(25)8(21)17(30-14)31-15-5(19)2-6(20)16(13(15)28)32-18-12(27)9(24)7(23)3-29-18/h4-18,22-28H,2-3,19-21H2,1H3/p+3/t4?,5-,6+,7+,8+,9-,10+,11-,12+,13-,14+,15+,16-,17+,18+/m0/s1. The highest BCUT2D eigenvalue weighted by Crippen LogP contribution is 2.29. The Morgan fingerprint density at radius 1 is 0.781 bits per heavy atom. The number of ether oxygens (including phenoxy) is 4. The molecule has 188 valence electrons. The molecule has 16 N–H and O–H groups in total. The van der Waals surface area contributed by atoms with Crippen LogP contribution in [0.15, 0.2) is 0 Å². The van der Waals surface area contributed by atoms with Crippen LogP contribution < -0.4 is 17.2 Å². The van der Waals surface area contributed by atoms with Gasteiger partial charge in [-0.05, 0) is 6.92 Å². The second kappa shape index (κ2) is 10.4. The summed E-state index contributed by atoms with van der Waals surface area (Å²) in [5.74, 6) is 0. The van der Waals surface area contributed by atoms with Crippen molar-refractivity contribution in [2.24, 2.45) is 0 Å². The summed E-state index contributed by atoms with van der Waals surface area (Å²) in [5.41, 5.74) is 11.8. The molecule has 0 aromatic carbocycles. The molecule has 1 saturated carbocycles. The third-order valence-electron chi connectivity index (χ3n) is 6.49. The summed E-state index contributed by atoms with van der Waals surface area (Å²) in [5, 5.41) is 70.9. The van der Waals surface area contributed by atoms with E-state index >= 15 is 0 Å². The van der Waals surface area contributed by atoms with Gasteiger partial charge in [0.25, 0.3) is 0 Å². The van der Waals surface area contributed by atoms with Crippen molar-refractivity contribution in [1.29, 1.82) is 0 Å². The Bertz CT molecular complexity index is 619. The lowest BCUT2D eigenvalue weighted by Crippen LogP contribution is -2.84. The minimum Gasteiger partial charge on any atom is -0.391 e. The fraction of sp³-hybridized carbons (Fsp3) is 1.00. The molecule has 14 heteroatoms. The molecule has 3 aliphatic rings. The van der Waals surface area contributed by atoms with Crippen LogP contribution in [0, 0.1) is 0 Å². The number of aliphatic hydroxyl groups is 7. The topological polar surface area (TPSA) is 261 Å². The fourth-order valence-corrected chi connectivity index (χ4v) is 4.47. The van der Waals surface area contributed by atoms with Crippen LogP contribution in [-0.2, 0) is 18.9 Å². The third kappa shape index (κ3) is 5.08. The van der Waals surface area contributed by atoms with E-state index in [2.05, 4.69) is 17.2 Å². The number of hydrogen-bond donors (Lipinski definition) is 10. The highest BCUT2D eigenvalue weighted by molar-refractivity contribution is 4.97. The second-order valence-corrected chi connectivity index (χ2v) is 9.05. The van der Waals surface area contributed by atoms with Crippen LogP contribution in [-0.4, -0.2) is 134 Å². The van der Waals surface area contributed by atoms with Crippen LogP contribution in [0.5, 0.6) is 0 Å². The number of aliphatic hydroxyl groups excluding tert-OH is 7. The van der Waals surface area contributed by atoms with Crippen molar-refractivity contribution in [1.82, 2.24) is 0 Å². The highest BCUT2D eigenvalue weighted by atomic mass is 16.7. The smallest absolute Gasteiger partial charge is 0.214 e. The van der Waals surface area contributed by atoms with Crippen LogP contribution in [0.3, 0.4) is 0 Å². The van der Waals surface area contributed by atoms with Gasteiger partial charge in [-0.2, -0.15) is 0 Å². The molecule has 2 heterocycles. The molecule has 0 aromatic rings. The summed E-state index contributed by atoms with van der Waals surface area (Å²) in [4.78, 5) is 0. The minimum absolute atomic E-state index is 0.258. The van der Waals surface area contributed by atoms with Crippen molar-refractivity contribution in [2.75, 3.05) is 6.61 Å². The molecule has 2 aliphatic heterocycles. The van der Waals surface area contributed by atoms with Gasteiger partial charge in [0.1, 0.15) is 67.0 Å². The summed E-state index contributed by atoms with van der Waals surface area (Å²) < 4.78 is 22.5. The van der Waals surface area contributed by atoms with Crippen LogP contribution >= 0.6 is 0 Å². The third-order valence-corrected chi connectivity index (χ3v) is 6.49. The molecule has 0 aromatic heterocycles. The van der Waals surface area contributed by atoms with Gasteiger partial charge in [0.15, 0.2) is 12.3 Å². The van der Waals surface area contributed by atoms with Gasteiger partial charge in [-0.3, -0.25) is 0 Å². The van der Waals surface area contributed by atoms with E-state index in [4.69, 9.17) is 18.9 Å². The average Bonchev–Trinajstić information content (AvgIpc) is 2.73. The van der Waals surface area contributed by atoms with E-state index in [1.165, 1.54) is 6.92 Å². The molecule has 3 rings (SSSR count). The number of hydrogen-bond acceptors (Lipinski definition) is 11. The predicted molar refractivity (Wildman–Crippen MR) is 101 cm³/mol. The SMILES string of the molecule is CC(O)[C@H]1O[C@H](O[C@H]2[C@H](O)[C@@H](O[C@H]3OC[C@@H](O)[C@H](O)[C@H]3O)[C@H]([NH3+])C[C@@H]2[NH3+])[C@H]([NH3+])[C@@H](O)[C@@H]1O. The Labute approximate surface area is 184 Å². The molecule has 14 nitrogen and oxygen atoms in total. The van der Waals surface area contributed by atoms with E-state index < -0.39 is 91.7 Å². The van der Waals surface area contributed by atoms with E-state index in [0.29, 0.717) is 6.42 Å². The normalized spacial score (nSPS) is 53.7. The summed E-state index contributed by atoms with van der Waals surface area (Å²) in [6.07, 6.45) is -14.5. The van der Waals surface area contributed by atoms with Crippen LogP contribution in [0.4, 0.5) is 0 Å². The van der Waals surface area contributed by atoms with Gasteiger partial charge in [-0.25, -0.2) is 0 Å².